The van der Waals surface area contributed by atoms with Crippen molar-refractivity contribution in [1.82, 2.24) is 9.61 Å². The quantitative estimate of drug-likeness (QED) is 0.836. The molecule has 1 N–H and O–H groups in total. The number of aliphatic hydroxyl groups is 1. The van der Waals surface area contributed by atoms with Gasteiger partial charge in [-0.2, -0.15) is 5.10 Å². The van der Waals surface area contributed by atoms with Crippen LogP contribution in [0.3, 0.4) is 0 Å². The number of hydrogen-bond acceptors (Lipinski definition) is 4. The van der Waals surface area contributed by atoms with Gasteiger partial charge in [0.05, 0.1) is 23.4 Å². The van der Waals surface area contributed by atoms with E-state index in [0.29, 0.717) is 11.3 Å². The molecule has 2 heterocycles. The van der Waals surface area contributed by atoms with Crippen molar-refractivity contribution in [2.45, 2.75) is 26.9 Å². The van der Waals surface area contributed by atoms with Gasteiger partial charge in [-0.05, 0) is 13.0 Å². The van der Waals surface area contributed by atoms with Gasteiger partial charge in [0.2, 0.25) is 0 Å². The Bertz CT molecular complexity index is 587. The van der Waals surface area contributed by atoms with Crippen LogP contribution in [0, 0.1) is 5.92 Å². The predicted octanol–water partition coefficient (Wildman–Crippen LogP) is 1.93. The minimum atomic E-state index is -0.530. The molecule has 1 atom stereocenters. The summed E-state index contributed by atoms with van der Waals surface area (Å²) in [5.41, 5.74) is 1.32. The molecule has 19 heavy (non-hydrogen) atoms. The lowest BCUT2D eigenvalue weighted by Gasteiger charge is -2.08. The zero-order valence-electron chi connectivity index (χ0n) is 11.3. The Labute approximate surface area is 111 Å². The first kappa shape index (κ1) is 13.5. The van der Waals surface area contributed by atoms with Crippen LogP contribution in [0.15, 0.2) is 24.5 Å². The second kappa shape index (κ2) is 5.40. The fourth-order valence-corrected chi connectivity index (χ4v) is 1.77. The molecule has 0 aliphatic heterocycles. The first-order chi connectivity index (χ1) is 8.99. The molecule has 0 fully saturated rings. The zero-order chi connectivity index (χ0) is 14.0. The fourth-order valence-electron chi connectivity index (χ4n) is 1.77. The molecule has 1 unspecified atom stereocenters. The number of aliphatic hydroxyl groups excluding tert-OH is 1. The SMILES string of the molecule is CC(O)COc1ccn2ncc(C(=O)C(C)C)c2c1. The highest BCUT2D eigenvalue weighted by Crippen LogP contribution is 2.20. The lowest BCUT2D eigenvalue weighted by molar-refractivity contribution is 0.0941. The predicted molar refractivity (Wildman–Crippen MR) is 71.5 cm³/mol. The summed E-state index contributed by atoms with van der Waals surface area (Å²) >= 11 is 0. The van der Waals surface area contributed by atoms with Crippen molar-refractivity contribution in [3.8, 4) is 5.75 Å². The Morgan fingerprint density at radius 1 is 1.47 bits per heavy atom. The number of nitrogens with zero attached hydrogens (tertiary/aromatic N) is 2. The summed E-state index contributed by atoms with van der Waals surface area (Å²) < 4.78 is 7.08. The van der Waals surface area contributed by atoms with E-state index in [2.05, 4.69) is 5.10 Å². The Balaban J connectivity index is 2.34. The van der Waals surface area contributed by atoms with E-state index >= 15 is 0 Å². The number of hydrogen-bond donors (Lipinski definition) is 1. The normalized spacial score (nSPS) is 12.9. The standard InChI is InChI=1S/C14H18N2O3/c1-9(2)14(18)12-7-15-16-5-4-11(6-13(12)16)19-8-10(3)17/h4-7,9-10,17H,8H2,1-3H3. The van der Waals surface area contributed by atoms with Crippen LogP contribution in [0.5, 0.6) is 5.75 Å². The van der Waals surface area contributed by atoms with Gasteiger partial charge in [0, 0.05) is 18.2 Å². The van der Waals surface area contributed by atoms with Crippen LogP contribution in [-0.4, -0.2) is 33.2 Å². The maximum absolute atomic E-state index is 12.1. The van der Waals surface area contributed by atoms with Gasteiger partial charge in [-0.25, -0.2) is 4.52 Å². The van der Waals surface area contributed by atoms with Crippen LogP contribution in [-0.2, 0) is 0 Å². The van der Waals surface area contributed by atoms with E-state index in [1.54, 1.807) is 36.0 Å². The van der Waals surface area contributed by atoms with Gasteiger partial charge in [0.25, 0.3) is 0 Å². The van der Waals surface area contributed by atoms with Crippen LogP contribution in [0.25, 0.3) is 5.52 Å². The van der Waals surface area contributed by atoms with Crippen molar-refractivity contribution in [3.63, 3.8) is 0 Å². The molecule has 0 radical (unpaired) electrons. The average molecular weight is 262 g/mol. The molecule has 0 saturated heterocycles. The lowest BCUT2D eigenvalue weighted by atomic mass is 10.0. The van der Waals surface area contributed by atoms with Crippen molar-refractivity contribution in [1.29, 1.82) is 0 Å². The summed E-state index contributed by atoms with van der Waals surface area (Å²) in [6, 6.07) is 3.52. The van der Waals surface area contributed by atoms with Gasteiger partial charge in [-0.1, -0.05) is 13.8 Å². The third kappa shape index (κ3) is 2.93. The summed E-state index contributed by atoms with van der Waals surface area (Å²) in [7, 11) is 0. The maximum Gasteiger partial charge on any atom is 0.169 e. The number of pyridine rings is 1. The monoisotopic (exact) mass is 262 g/mol. The van der Waals surface area contributed by atoms with Gasteiger partial charge >= 0.3 is 0 Å². The number of Topliss-reactive ketones (excluding diaryl/α,β-unsaturated/α-hetero) is 1. The molecular weight excluding hydrogens is 244 g/mol. The third-order valence-electron chi connectivity index (χ3n) is 2.77. The maximum atomic E-state index is 12.1. The van der Waals surface area contributed by atoms with Crippen LogP contribution in [0.1, 0.15) is 31.1 Å². The molecule has 0 aliphatic carbocycles. The van der Waals surface area contributed by atoms with Crippen LogP contribution in [0.2, 0.25) is 0 Å². The van der Waals surface area contributed by atoms with Crippen LogP contribution in [0.4, 0.5) is 0 Å². The average Bonchev–Trinajstić information content (AvgIpc) is 2.78. The van der Waals surface area contributed by atoms with Crippen LogP contribution >= 0.6 is 0 Å². The van der Waals surface area contributed by atoms with Crippen molar-refractivity contribution >= 4 is 11.3 Å². The first-order valence-corrected chi connectivity index (χ1v) is 6.31. The van der Waals surface area contributed by atoms with E-state index in [9.17, 15) is 9.90 Å². The Hall–Kier alpha value is -1.88. The Morgan fingerprint density at radius 2 is 2.21 bits per heavy atom. The number of ketones is 1. The highest BCUT2D eigenvalue weighted by Gasteiger charge is 2.16. The first-order valence-electron chi connectivity index (χ1n) is 6.31. The number of carbonyl (C=O) groups excluding carboxylic acids is 1. The molecule has 102 valence electrons. The lowest BCUT2D eigenvalue weighted by Crippen LogP contribution is -2.13. The van der Waals surface area contributed by atoms with Crippen molar-refractivity contribution < 1.29 is 14.6 Å². The molecule has 5 nitrogen and oxygen atoms in total. The Morgan fingerprint density at radius 3 is 2.84 bits per heavy atom. The molecule has 0 aliphatic rings. The molecule has 2 rings (SSSR count). The van der Waals surface area contributed by atoms with E-state index in [0.717, 1.165) is 5.52 Å². The van der Waals surface area contributed by atoms with E-state index in [4.69, 9.17) is 4.74 Å². The number of fused-ring (bicyclic) bond motifs is 1. The Kier molecular flexibility index (Phi) is 3.85. The molecule has 0 amide bonds. The molecular formula is C14H18N2O3. The van der Waals surface area contributed by atoms with Gasteiger partial charge in [-0.15, -0.1) is 0 Å². The minimum absolute atomic E-state index is 0.0580. The molecule has 2 aromatic heterocycles. The summed E-state index contributed by atoms with van der Waals surface area (Å²) in [6.45, 7) is 5.60. The largest absolute Gasteiger partial charge is 0.491 e. The topological polar surface area (TPSA) is 63.8 Å². The number of ether oxygens (including phenoxy) is 1. The van der Waals surface area contributed by atoms with Gasteiger partial charge < -0.3 is 9.84 Å². The summed E-state index contributed by atoms with van der Waals surface area (Å²) in [5.74, 6) is 0.601. The molecule has 5 heteroatoms. The molecule has 0 saturated carbocycles. The number of aromatic nitrogens is 2. The molecule has 0 bridgehead atoms. The number of carbonyl (C=O) groups is 1. The van der Waals surface area contributed by atoms with Crippen molar-refractivity contribution in [2.24, 2.45) is 5.92 Å². The van der Waals surface area contributed by atoms with Gasteiger partial charge in [-0.3, -0.25) is 4.79 Å². The number of rotatable bonds is 5. The van der Waals surface area contributed by atoms with Crippen molar-refractivity contribution in [2.75, 3.05) is 6.61 Å². The summed E-state index contributed by atoms with van der Waals surface area (Å²) in [4.78, 5) is 12.1. The van der Waals surface area contributed by atoms with Crippen molar-refractivity contribution in [3.05, 3.63) is 30.1 Å². The zero-order valence-corrected chi connectivity index (χ0v) is 11.3. The molecule has 2 aromatic rings. The smallest absolute Gasteiger partial charge is 0.169 e. The van der Waals surface area contributed by atoms with Crippen LogP contribution < -0.4 is 4.74 Å². The van der Waals surface area contributed by atoms with E-state index in [-0.39, 0.29) is 18.3 Å². The highest BCUT2D eigenvalue weighted by atomic mass is 16.5. The third-order valence-corrected chi connectivity index (χ3v) is 2.77. The van der Waals surface area contributed by atoms with E-state index < -0.39 is 6.10 Å². The summed E-state index contributed by atoms with van der Waals surface area (Å²) in [6.07, 6.45) is 2.79. The molecule has 0 spiro atoms. The van der Waals surface area contributed by atoms with E-state index in [1.807, 2.05) is 13.8 Å². The van der Waals surface area contributed by atoms with E-state index in [1.165, 1.54) is 0 Å². The second-order valence-corrected chi connectivity index (χ2v) is 4.93. The van der Waals surface area contributed by atoms with Gasteiger partial charge in [0.15, 0.2) is 5.78 Å². The summed E-state index contributed by atoms with van der Waals surface area (Å²) in [5, 5.41) is 13.4. The minimum Gasteiger partial charge on any atom is -0.491 e. The second-order valence-electron chi connectivity index (χ2n) is 4.93. The molecule has 0 aromatic carbocycles. The highest BCUT2D eigenvalue weighted by molar-refractivity contribution is 6.03. The van der Waals surface area contributed by atoms with Gasteiger partial charge in [0.1, 0.15) is 12.4 Å². The fraction of sp³-hybridized carbons (Fsp3) is 0.429.